The molecule has 0 aliphatic heterocycles. The molecule has 0 fully saturated rings. The fourth-order valence-electron chi connectivity index (χ4n) is 2.26. The van der Waals surface area contributed by atoms with E-state index in [1.807, 2.05) is 6.92 Å². The van der Waals surface area contributed by atoms with Crippen LogP contribution in [0.4, 0.5) is 0 Å². The maximum atomic E-state index is 10.0. The zero-order chi connectivity index (χ0) is 11.2. The Balaban J connectivity index is 4.67. The van der Waals surface area contributed by atoms with Crippen molar-refractivity contribution in [2.24, 2.45) is 5.41 Å². The Morgan fingerprint density at radius 2 is 1.36 bits per heavy atom. The van der Waals surface area contributed by atoms with Gasteiger partial charge in [0.2, 0.25) is 0 Å². The molecule has 0 atom stereocenters. The van der Waals surface area contributed by atoms with Gasteiger partial charge in [0.15, 0.2) is 5.79 Å². The highest BCUT2D eigenvalue weighted by atomic mass is 16.5. The molecule has 0 unspecified atom stereocenters. The van der Waals surface area contributed by atoms with E-state index in [0.717, 1.165) is 32.1 Å². The van der Waals surface area contributed by atoms with Gasteiger partial charge in [-0.1, -0.05) is 40.5 Å². The lowest BCUT2D eigenvalue weighted by molar-refractivity contribution is -0.250. The van der Waals surface area contributed by atoms with Gasteiger partial charge in [-0.3, -0.25) is 0 Å². The Labute approximate surface area is 88.3 Å². The van der Waals surface area contributed by atoms with E-state index in [1.54, 1.807) is 0 Å². The molecular formula is C12H26O2. The molecule has 0 heterocycles. The van der Waals surface area contributed by atoms with Crippen LogP contribution in [0.5, 0.6) is 0 Å². The van der Waals surface area contributed by atoms with Gasteiger partial charge < -0.3 is 10.2 Å². The van der Waals surface area contributed by atoms with Crippen LogP contribution in [0.25, 0.3) is 0 Å². The minimum absolute atomic E-state index is 0.308. The van der Waals surface area contributed by atoms with Gasteiger partial charge in [0.25, 0.3) is 0 Å². The molecule has 0 aromatic heterocycles. The van der Waals surface area contributed by atoms with Gasteiger partial charge in [0.1, 0.15) is 0 Å². The van der Waals surface area contributed by atoms with Gasteiger partial charge in [-0.2, -0.15) is 0 Å². The highest BCUT2D eigenvalue weighted by Gasteiger charge is 2.44. The number of unbranched alkanes of at least 4 members (excludes halogenated alkanes) is 1. The maximum Gasteiger partial charge on any atom is 0.167 e. The SMILES string of the molecule is CCCCC(CC)(CC)C(O)(O)CC. The topological polar surface area (TPSA) is 40.5 Å². The van der Waals surface area contributed by atoms with Crippen molar-refractivity contribution in [2.75, 3.05) is 0 Å². The summed E-state index contributed by atoms with van der Waals surface area (Å²) in [5.74, 6) is -1.49. The van der Waals surface area contributed by atoms with E-state index in [0.29, 0.717) is 6.42 Å². The lowest BCUT2D eigenvalue weighted by atomic mass is 9.70. The van der Waals surface area contributed by atoms with Crippen LogP contribution in [0, 0.1) is 5.41 Å². The molecule has 2 heteroatoms. The maximum absolute atomic E-state index is 10.0. The number of hydrogen-bond donors (Lipinski definition) is 2. The average Bonchev–Trinajstić information content (AvgIpc) is 2.20. The van der Waals surface area contributed by atoms with E-state index >= 15 is 0 Å². The second-order valence-electron chi connectivity index (χ2n) is 4.26. The highest BCUT2D eigenvalue weighted by Crippen LogP contribution is 2.43. The van der Waals surface area contributed by atoms with E-state index in [4.69, 9.17) is 0 Å². The molecule has 0 aliphatic carbocycles. The number of rotatable bonds is 7. The first kappa shape index (κ1) is 13.9. The van der Waals surface area contributed by atoms with Gasteiger partial charge >= 0.3 is 0 Å². The fourth-order valence-corrected chi connectivity index (χ4v) is 2.26. The first-order valence-electron chi connectivity index (χ1n) is 5.94. The van der Waals surface area contributed by atoms with E-state index in [1.165, 1.54) is 0 Å². The number of hydrogen-bond acceptors (Lipinski definition) is 2. The zero-order valence-corrected chi connectivity index (χ0v) is 10.1. The first-order valence-corrected chi connectivity index (χ1v) is 5.94. The predicted octanol–water partition coefficient (Wildman–Crippen LogP) is 3.07. The molecule has 0 amide bonds. The van der Waals surface area contributed by atoms with Crippen LogP contribution in [-0.4, -0.2) is 16.0 Å². The van der Waals surface area contributed by atoms with E-state index in [9.17, 15) is 10.2 Å². The summed E-state index contributed by atoms with van der Waals surface area (Å²) in [6, 6.07) is 0. The van der Waals surface area contributed by atoms with E-state index in [-0.39, 0.29) is 5.41 Å². The summed E-state index contributed by atoms with van der Waals surface area (Å²) >= 11 is 0. The van der Waals surface area contributed by atoms with Crippen LogP contribution in [0.1, 0.15) is 66.2 Å². The Hall–Kier alpha value is -0.0800. The molecule has 0 spiro atoms. The molecule has 0 aromatic rings. The summed E-state index contributed by atoms with van der Waals surface area (Å²) < 4.78 is 0. The summed E-state index contributed by atoms with van der Waals surface area (Å²) in [6.45, 7) is 8.08. The third-order valence-corrected chi connectivity index (χ3v) is 3.70. The molecule has 2 nitrogen and oxygen atoms in total. The molecule has 0 saturated heterocycles. The minimum atomic E-state index is -1.49. The molecule has 14 heavy (non-hydrogen) atoms. The van der Waals surface area contributed by atoms with Crippen molar-refractivity contribution in [1.29, 1.82) is 0 Å². The van der Waals surface area contributed by atoms with Crippen molar-refractivity contribution in [3.05, 3.63) is 0 Å². The van der Waals surface area contributed by atoms with E-state index < -0.39 is 5.79 Å². The molecule has 0 saturated carbocycles. The molecule has 0 bridgehead atoms. The van der Waals surface area contributed by atoms with Crippen molar-refractivity contribution in [3.63, 3.8) is 0 Å². The smallest absolute Gasteiger partial charge is 0.167 e. The van der Waals surface area contributed by atoms with Crippen molar-refractivity contribution in [1.82, 2.24) is 0 Å². The minimum Gasteiger partial charge on any atom is -0.365 e. The third kappa shape index (κ3) is 2.71. The Bertz CT molecular complexity index is 148. The quantitative estimate of drug-likeness (QED) is 0.623. The lowest BCUT2D eigenvalue weighted by Gasteiger charge is -2.43. The zero-order valence-electron chi connectivity index (χ0n) is 10.1. The van der Waals surface area contributed by atoms with Crippen LogP contribution in [0.3, 0.4) is 0 Å². The molecule has 0 aromatic carbocycles. The van der Waals surface area contributed by atoms with Crippen LogP contribution >= 0.6 is 0 Å². The Kier molecular flexibility index (Phi) is 5.68. The standard InChI is InChI=1S/C12H26O2/c1-5-9-10-11(6-2,7-3)12(13,14)8-4/h13-14H,5-10H2,1-4H3. The fraction of sp³-hybridized carbons (Fsp3) is 1.00. The average molecular weight is 202 g/mol. The second-order valence-corrected chi connectivity index (χ2v) is 4.26. The van der Waals surface area contributed by atoms with E-state index in [2.05, 4.69) is 20.8 Å². The molecule has 0 rings (SSSR count). The highest BCUT2D eigenvalue weighted by molar-refractivity contribution is 4.88. The lowest BCUT2D eigenvalue weighted by Crippen LogP contribution is -2.47. The van der Waals surface area contributed by atoms with Crippen LogP contribution < -0.4 is 0 Å². The molecular weight excluding hydrogens is 176 g/mol. The second kappa shape index (κ2) is 5.72. The third-order valence-electron chi connectivity index (χ3n) is 3.70. The first-order chi connectivity index (χ1) is 6.49. The van der Waals surface area contributed by atoms with Crippen LogP contribution in [0.15, 0.2) is 0 Å². The van der Waals surface area contributed by atoms with Gasteiger partial charge in [-0.05, 0) is 25.7 Å². The monoisotopic (exact) mass is 202 g/mol. The van der Waals surface area contributed by atoms with Crippen molar-refractivity contribution < 1.29 is 10.2 Å². The summed E-state index contributed by atoms with van der Waals surface area (Å²) in [5, 5.41) is 20.0. The normalized spacial score (nSPS) is 13.3. The summed E-state index contributed by atoms with van der Waals surface area (Å²) in [6.07, 6.45) is 5.19. The van der Waals surface area contributed by atoms with Crippen LogP contribution in [-0.2, 0) is 0 Å². The van der Waals surface area contributed by atoms with Crippen LogP contribution in [0.2, 0.25) is 0 Å². The Morgan fingerprint density at radius 3 is 1.64 bits per heavy atom. The van der Waals surface area contributed by atoms with Crippen molar-refractivity contribution in [2.45, 2.75) is 72.0 Å². The van der Waals surface area contributed by atoms with Gasteiger partial charge in [0, 0.05) is 5.41 Å². The van der Waals surface area contributed by atoms with Crippen molar-refractivity contribution >= 4 is 0 Å². The molecule has 2 N–H and O–H groups in total. The van der Waals surface area contributed by atoms with Gasteiger partial charge in [0.05, 0.1) is 0 Å². The largest absolute Gasteiger partial charge is 0.365 e. The van der Waals surface area contributed by atoms with Gasteiger partial charge in [-0.15, -0.1) is 0 Å². The van der Waals surface area contributed by atoms with Crippen molar-refractivity contribution in [3.8, 4) is 0 Å². The summed E-state index contributed by atoms with van der Waals surface area (Å²) in [5.41, 5.74) is -0.308. The Morgan fingerprint density at radius 1 is 0.857 bits per heavy atom. The summed E-state index contributed by atoms with van der Waals surface area (Å²) in [4.78, 5) is 0. The molecule has 86 valence electrons. The molecule has 0 radical (unpaired) electrons. The van der Waals surface area contributed by atoms with Gasteiger partial charge in [-0.25, -0.2) is 0 Å². The predicted molar refractivity (Wildman–Crippen MR) is 60.0 cm³/mol. The molecule has 0 aliphatic rings. The number of aliphatic hydroxyl groups is 2. The summed E-state index contributed by atoms with van der Waals surface area (Å²) in [7, 11) is 0.